The molecule has 1 N–H and O–H groups in total. The first kappa shape index (κ1) is 12.4. The van der Waals surface area contributed by atoms with Gasteiger partial charge < -0.3 is 15.0 Å². The topological polar surface area (TPSA) is 58.6 Å². The minimum Gasteiger partial charge on any atom is -0.379 e. The molecule has 5 nitrogen and oxygen atoms in total. The van der Waals surface area contributed by atoms with Crippen LogP contribution in [-0.4, -0.2) is 42.5 Å². The molecule has 2 aliphatic rings. The van der Waals surface area contributed by atoms with Gasteiger partial charge in [-0.1, -0.05) is 11.6 Å². The summed E-state index contributed by atoms with van der Waals surface area (Å²) >= 11 is 5.90. The lowest BCUT2D eigenvalue weighted by Gasteiger charge is -2.23. The number of methoxy groups -OCH3 is 1. The number of halogens is 1. The Morgan fingerprint density at radius 2 is 2.21 bits per heavy atom. The van der Waals surface area contributed by atoms with Crippen molar-refractivity contribution in [2.45, 2.75) is 18.6 Å². The first-order chi connectivity index (χ1) is 9.11. The van der Waals surface area contributed by atoms with E-state index in [1.54, 1.807) is 30.2 Å². The van der Waals surface area contributed by atoms with Crippen molar-refractivity contribution in [3.8, 4) is 0 Å². The van der Waals surface area contributed by atoms with E-state index in [1.165, 1.54) is 0 Å². The van der Waals surface area contributed by atoms with Gasteiger partial charge in [0, 0.05) is 18.7 Å². The smallest absolute Gasteiger partial charge is 0.256 e. The number of nitrogens with one attached hydrogen (secondary N) is 1. The summed E-state index contributed by atoms with van der Waals surface area (Å²) in [6.07, 6.45) is 0.414. The van der Waals surface area contributed by atoms with Crippen molar-refractivity contribution in [1.82, 2.24) is 4.90 Å². The van der Waals surface area contributed by atoms with E-state index in [1.807, 2.05) is 0 Å². The second kappa shape index (κ2) is 4.51. The molecule has 1 fully saturated rings. The van der Waals surface area contributed by atoms with Gasteiger partial charge in [0.2, 0.25) is 5.91 Å². The van der Waals surface area contributed by atoms with Crippen molar-refractivity contribution in [1.29, 1.82) is 0 Å². The Morgan fingerprint density at radius 1 is 1.42 bits per heavy atom. The first-order valence-corrected chi connectivity index (χ1v) is 6.44. The third kappa shape index (κ3) is 1.89. The zero-order valence-electron chi connectivity index (χ0n) is 10.4. The molecule has 1 aromatic carbocycles. The maximum Gasteiger partial charge on any atom is 0.256 e. The zero-order valence-corrected chi connectivity index (χ0v) is 11.1. The largest absolute Gasteiger partial charge is 0.379 e. The van der Waals surface area contributed by atoms with Gasteiger partial charge in [-0.3, -0.25) is 9.59 Å². The fraction of sp³-hybridized carbons (Fsp3) is 0.385. The summed E-state index contributed by atoms with van der Waals surface area (Å²) in [6, 6.07) is 4.32. The molecule has 2 amide bonds. The lowest BCUT2D eigenvalue weighted by molar-refractivity contribution is -0.122. The van der Waals surface area contributed by atoms with Crippen LogP contribution in [0.1, 0.15) is 16.8 Å². The molecule has 19 heavy (non-hydrogen) atoms. The normalized spacial score (nSPS) is 25.7. The molecule has 0 saturated carbocycles. The van der Waals surface area contributed by atoms with Crippen molar-refractivity contribution >= 4 is 29.1 Å². The fourth-order valence-corrected chi connectivity index (χ4v) is 2.89. The SMILES string of the molecule is CO[C@@H]1CCN2C(=O)c3ccc(Cl)cc3NC(=O)[C@H]12. The molecule has 3 rings (SSSR count). The van der Waals surface area contributed by atoms with Crippen LogP contribution in [0.2, 0.25) is 5.02 Å². The van der Waals surface area contributed by atoms with E-state index in [2.05, 4.69) is 5.32 Å². The minimum atomic E-state index is -0.566. The molecule has 0 aromatic heterocycles. The van der Waals surface area contributed by atoms with E-state index < -0.39 is 6.04 Å². The number of benzene rings is 1. The average Bonchev–Trinajstić information content (AvgIpc) is 2.78. The molecular weight excluding hydrogens is 268 g/mol. The van der Waals surface area contributed by atoms with E-state index in [-0.39, 0.29) is 17.9 Å². The number of nitrogens with zero attached hydrogens (tertiary/aromatic N) is 1. The number of ether oxygens (including phenoxy) is 1. The van der Waals surface area contributed by atoms with Crippen LogP contribution in [0, 0.1) is 0 Å². The maximum absolute atomic E-state index is 12.5. The van der Waals surface area contributed by atoms with Crippen LogP contribution >= 0.6 is 11.6 Å². The summed E-state index contributed by atoms with van der Waals surface area (Å²) in [7, 11) is 1.56. The van der Waals surface area contributed by atoms with Gasteiger partial charge in [-0.2, -0.15) is 0 Å². The predicted molar refractivity (Wildman–Crippen MR) is 70.3 cm³/mol. The van der Waals surface area contributed by atoms with Gasteiger partial charge in [-0.15, -0.1) is 0 Å². The Hall–Kier alpha value is -1.59. The molecule has 1 saturated heterocycles. The van der Waals surface area contributed by atoms with Crippen LogP contribution in [0.25, 0.3) is 0 Å². The first-order valence-electron chi connectivity index (χ1n) is 6.06. The van der Waals surface area contributed by atoms with E-state index in [0.717, 1.165) is 0 Å². The highest BCUT2D eigenvalue weighted by molar-refractivity contribution is 6.31. The van der Waals surface area contributed by atoms with Crippen LogP contribution in [-0.2, 0) is 9.53 Å². The van der Waals surface area contributed by atoms with Crippen molar-refractivity contribution < 1.29 is 14.3 Å². The number of hydrogen-bond acceptors (Lipinski definition) is 3. The highest BCUT2D eigenvalue weighted by Crippen LogP contribution is 2.31. The number of hydrogen-bond donors (Lipinski definition) is 1. The summed E-state index contributed by atoms with van der Waals surface area (Å²) in [6.45, 7) is 0.525. The van der Waals surface area contributed by atoms with Crippen molar-refractivity contribution in [3.63, 3.8) is 0 Å². The summed E-state index contributed by atoms with van der Waals surface area (Å²) in [5, 5.41) is 3.25. The van der Waals surface area contributed by atoms with Gasteiger partial charge in [0.15, 0.2) is 0 Å². The predicted octanol–water partition coefficient (Wildman–Crippen LogP) is 1.52. The molecule has 2 atom stereocenters. The lowest BCUT2D eigenvalue weighted by Crippen LogP contribution is -2.46. The monoisotopic (exact) mass is 280 g/mol. The van der Waals surface area contributed by atoms with E-state index in [4.69, 9.17) is 16.3 Å². The van der Waals surface area contributed by atoms with Crippen LogP contribution in [0.15, 0.2) is 18.2 Å². The summed E-state index contributed by atoms with van der Waals surface area (Å²) in [4.78, 5) is 26.3. The highest BCUT2D eigenvalue weighted by atomic mass is 35.5. The van der Waals surface area contributed by atoms with E-state index in [0.29, 0.717) is 29.2 Å². The van der Waals surface area contributed by atoms with Crippen LogP contribution in [0.3, 0.4) is 0 Å². The van der Waals surface area contributed by atoms with E-state index in [9.17, 15) is 9.59 Å². The quantitative estimate of drug-likeness (QED) is 0.848. The number of amides is 2. The molecule has 2 aliphatic heterocycles. The molecule has 0 aliphatic carbocycles. The van der Waals surface area contributed by atoms with Crippen LogP contribution in [0.4, 0.5) is 5.69 Å². The Morgan fingerprint density at radius 3 is 2.95 bits per heavy atom. The van der Waals surface area contributed by atoms with Gasteiger partial charge >= 0.3 is 0 Å². The molecule has 0 spiro atoms. The Kier molecular flexibility index (Phi) is 2.95. The number of fused-ring (bicyclic) bond motifs is 2. The molecule has 2 heterocycles. The molecule has 0 bridgehead atoms. The van der Waals surface area contributed by atoms with Crippen molar-refractivity contribution in [3.05, 3.63) is 28.8 Å². The van der Waals surface area contributed by atoms with Crippen molar-refractivity contribution in [2.75, 3.05) is 19.0 Å². The Bertz CT molecular complexity index is 561. The number of carbonyl (C=O) groups is 2. The van der Waals surface area contributed by atoms with Gasteiger partial charge in [0.25, 0.3) is 5.91 Å². The highest BCUT2D eigenvalue weighted by Gasteiger charge is 2.44. The number of anilines is 1. The Labute approximate surface area is 115 Å². The van der Waals surface area contributed by atoms with Gasteiger partial charge in [0.1, 0.15) is 6.04 Å². The zero-order chi connectivity index (χ0) is 13.6. The third-order valence-corrected chi connectivity index (χ3v) is 3.88. The van der Waals surface area contributed by atoms with Gasteiger partial charge in [-0.25, -0.2) is 0 Å². The third-order valence-electron chi connectivity index (χ3n) is 3.64. The van der Waals surface area contributed by atoms with Gasteiger partial charge in [0.05, 0.1) is 17.4 Å². The van der Waals surface area contributed by atoms with E-state index >= 15 is 0 Å². The molecular formula is C13H13ClN2O3. The minimum absolute atomic E-state index is 0.158. The van der Waals surface area contributed by atoms with Gasteiger partial charge in [-0.05, 0) is 24.6 Å². The second-order valence-electron chi connectivity index (χ2n) is 4.69. The average molecular weight is 281 g/mol. The lowest BCUT2D eigenvalue weighted by atomic mass is 10.1. The number of rotatable bonds is 1. The second-order valence-corrected chi connectivity index (χ2v) is 5.12. The van der Waals surface area contributed by atoms with Crippen LogP contribution < -0.4 is 5.32 Å². The molecule has 6 heteroatoms. The summed E-state index contributed by atoms with van der Waals surface area (Å²) in [5.41, 5.74) is 0.934. The standard InChI is InChI=1S/C13H13ClN2O3/c1-19-10-4-5-16-11(10)12(17)15-9-6-7(14)2-3-8(9)13(16)18/h2-3,6,10-11H,4-5H2,1H3,(H,15,17)/t10-,11+/m1/s1. The summed E-state index contributed by atoms with van der Waals surface area (Å²) in [5.74, 6) is -0.381. The molecule has 1 aromatic rings. The molecule has 100 valence electrons. The number of carbonyl (C=O) groups excluding carboxylic acids is 2. The fourth-order valence-electron chi connectivity index (χ4n) is 2.72. The Balaban J connectivity index is 2.07. The molecule has 0 unspecified atom stereocenters. The van der Waals surface area contributed by atoms with Crippen LogP contribution in [0.5, 0.6) is 0 Å². The maximum atomic E-state index is 12.5. The van der Waals surface area contributed by atoms with Crippen molar-refractivity contribution in [2.24, 2.45) is 0 Å². The summed E-state index contributed by atoms with van der Waals surface area (Å²) < 4.78 is 5.30. The molecule has 0 radical (unpaired) electrons.